The van der Waals surface area contributed by atoms with Crippen molar-refractivity contribution in [1.29, 1.82) is 0 Å². The van der Waals surface area contributed by atoms with Gasteiger partial charge in [-0.15, -0.1) is 10.2 Å². The molecular weight excluding hydrogens is 458 g/mol. The highest BCUT2D eigenvalue weighted by atomic mass is 32.2. The molecule has 2 N–H and O–H groups in total. The molecule has 0 saturated carbocycles. The summed E-state index contributed by atoms with van der Waals surface area (Å²) in [4.78, 5) is 37.1. The predicted octanol–water partition coefficient (Wildman–Crippen LogP) is 2.72. The van der Waals surface area contributed by atoms with Crippen LogP contribution < -0.4 is 15.8 Å². The molecule has 4 rings (SSSR count). The van der Waals surface area contributed by atoms with Crippen LogP contribution in [0.3, 0.4) is 0 Å². The molecule has 1 saturated heterocycles. The van der Waals surface area contributed by atoms with Gasteiger partial charge in [-0.1, -0.05) is 36.0 Å². The zero-order valence-electron chi connectivity index (χ0n) is 18.2. The minimum Gasteiger partial charge on any atom is -0.341 e. The Morgan fingerprint density at radius 2 is 1.76 bits per heavy atom. The van der Waals surface area contributed by atoms with Crippen molar-refractivity contribution in [3.63, 3.8) is 0 Å². The molecule has 0 spiro atoms. The summed E-state index contributed by atoms with van der Waals surface area (Å²) in [6.07, 6.45) is 3.38. The fourth-order valence-electron chi connectivity index (χ4n) is 3.58. The zero-order chi connectivity index (χ0) is 23.9. The van der Waals surface area contributed by atoms with E-state index in [1.807, 2.05) is 34.9 Å². The van der Waals surface area contributed by atoms with Crippen LogP contribution in [-0.2, 0) is 4.79 Å². The number of rotatable bonds is 7. The largest absolute Gasteiger partial charge is 0.341 e. The summed E-state index contributed by atoms with van der Waals surface area (Å²) in [6.45, 7) is 1.81. The van der Waals surface area contributed by atoms with Gasteiger partial charge in [0.15, 0.2) is 5.16 Å². The minimum atomic E-state index is -0.651. The smallest absolute Gasteiger partial charge is 0.270 e. The van der Waals surface area contributed by atoms with Crippen molar-refractivity contribution >= 4 is 35.2 Å². The number of nitrogens with zero attached hydrogens (tertiary/aromatic N) is 5. The number of aromatic nitrogens is 3. The van der Waals surface area contributed by atoms with Crippen LogP contribution in [0.2, 0.25) is 0 Å². The first-order valence-electron chi connectivity index (χ1n) is 10.7. The lowest BCUT2D eigenvalue weighted by atomic mass is 10.1. The van der Waals surface area contributed by atoms with Gasteiger partial charge in [0, 0.05) is 30.8 Å². The Kier molecular flexibility index (Phi) is 7.38. The molecule has 1 aliphatic rings. The first kappa shape index (κ1) is 23.2. The summed E-state index contributed by atoms with van der Waals surface area (Å²) >= 11 is 1.20. The molecule has 11 nitrogen and oxygen atoms in total. The van der Waals surface area contributed by atoms with Crippen molar-refractivity contribution in [2.75, 3.05) is 23.7 Å². The van der Waals surface area contributed by atoms with Gasteiger partial charge in [-0.05, 0) is 37.5 Å². The molecule has 176 valence electrons. The number of benzene rings is 2. The standard InChI is InChI=1S/C22H23N7O4S/c30-19(23-24-20(31)16-8-7-11-18(14-16)29(32)33)15-34-22-26-25-21(27-12-5-2-6-13-27)28(22)17-9-3-1-4-10-17/h1,3-4,7-11,14H,2,5-6,12-13,15H2,(H,23,30)(H,24,31). The van der Waals surface area contributed by atoms with Crippen LogP contribution in [0.25, 0.3) is 5.69 Å². The number of piperidine rings is 1. The van der Waals surface area contributed by atoms with E-state index in [0.717, 1.165) is 43.6 Å². The Morgan fingerprint density at radius 1 is 1.00 bits per heavy atom. The molecular formula is C22H23N7O4S. The number of para-hydroxylation sites is 1. The maximum absolute atomic E-state index is 12.4. The van der Waals surface area contributed by atoms with Crippen LogP contribution >= 0.6 is 11.8 Å². The lowest BCUT2D eigenvalue weighted by molar-refractivity contribution is -0.384. The van der Waals surface area contributed by atoms with E-state index in [4.69, 9.17) is 0 Å². The van der Waals surface area contributed by atoms with Crippen LogP contribution in [0.15, 0.2) is 59.8 Å². The molecule has 12 heteroatoms. The van der Waals surface area contributed by atoms with E-state index in [1.165, 1.54) is 36.4 Å². The second-order valence-electron chi connectivity index (χ2n) is 7.60. The van der Waals surface area contributed by atoms with Gasteiger partial charge in [-0.2, -0.15) is 0 Å². The average Bonchev–Trinajstić information content (AvgIpc) is 3.31. The average molecular weight is 482 g/mol. The summed E-state index contributed by atoms with van der Waals surface area (Å²) in [6, 6.07) is 15.0. The number of hydrogen-bond acceptors (Lipinski definition) is 8. The minimum absolute atomic E-state index is 0.0137. The monoisotopic (exact) mass is 481 g/mol. The number of nitrogens with one attached hydrogen (secondary N) is 2. The molecule has 1 aliphatic heterocycles. The SMILES string of the molecule is O=C(CSc1nnc(N2CCCCC2)n1-c1ccccc1)NNC(=O)c1cccc([N+](=O)[O-])c1. The van der Waals surface area contributed by atoms with Crippen LogP contribution in [-0.4, -0.2) is 50.3 Å². The first-order chi connectivity index (χ1) is 16.5. The van der Waals surface area contributed by atoms with Gasteiger partial charge in [-0.3, -0.25) is 35.1 Å². The quantitative estimate of drug-likeness (QED) is 0.299. The molecule has 2 heterocycles. The molecule has 0 unspecified atom stereocenters. The molecule has 34 heavy (non-hydrogen) atoms. The van der Waals surface area contributed by atoms with Crippen molar-refractivity contribution in [2.45, 2.75) is 24.4 Å². The zero-order valence-corrected chi connectivity index (χ0v) is 19.0. The van der Waals surface area contributed by atoms with E-state index in [2.05, 4.69) is 25.9 Å². The number of non-ortho nitro benzene ring substituents is 1. The Labute approximate surface area is 199 Å². The van der Waals surface area contributed by atoms with E-state index in [9.17, 15) is 19.7 Å². The number of nitro benzene ring substituents is 1. The van der Waals surface area contributed by atoms with Gasteiger partial charge < -0.3 is 4.90 Å². The van der Waals surface area contributed by atoms with Crippen molar-refractivity contribution < 1.29 is 14.5 Å². The van der Waals surface area contributed by atoms with Crippen LogP contribution in [0, 0.1) is 10.1 Å². The van der Waals surface area contributed by atoms with Crippen molar-refractivity contribution in [3.05, 3.63) is 70.3 Å². The normalized spacial score (nSPS) is 13.4. The lowest BCUT2D eigenvalue weighted by Crippen LogP contribution is -2.42. The van der Waals surface area contributed by atoms with Gasteiger partial charge in [-0.25, -0.2) is 0 Å². The third kappa shape index (κ3) is 5.52. The van der Waals surface area contributed by atoms with Crippen LogP contribution in [0.4, 0.5) is 11.6 Å². The molecule has 2 aromatic carbocycles. The molecule has 3 aromatic rings. The van der Waals surface area contributed by atoms with E-state index < -0.39 is 16.7 Å². The van der Waals surface area contributed by atoms with Crippen LogP contribution in [0.1, 0.15) is 29.6 Å². The second kappa shape index (κ2) is 10.8. The van der Waals surface area contributed by atoms with Crippen LogP contribution in [0.5, 0.6) is 0 Å². The maximum Gasteiger partial charge on any atom is 0.270 e. The predicted molar refractivity (Wildman–Crippen MR) is 127 cm³/mol. The Balaban J connectivity index is 1.40. The molecule has 0 atom stereocenters. The fourth-order valence-corrected chi connectivity index (χ4v) is 4.33. The number of carbonyl (C=O) groups is 2. The third-order valence-electron chi connectivity index (χ3n) is 5.24. The van der Waals surface area contributed by atoms with E-state index in [0.29, 0.717) is 5.16 Å². The highest BCUT2D eigenvalue weighted by Crippen LogP contribution is 2.28. The van der Waals surface area contributed by atoms with Gasteiger partial charge >= 0.3 is 0 Å². The number of nitro groups is 1. The van der Waals surface area contributed by atoms with E-state index in [-0.39, 0.29) is 17.0 Å². The Hall–Kier alpha value is -3.93. The first-order valence-corrected chi connectivity index (χ1v) is 11.7. The highest BCUT2D eigenvalue weighted by molar-refractivity contribution is 7.99. The van der Waals surface area contributed by atoms with Crippen molar-refractivity contribution in [2.24, 2.45) is 0 Å². The van der Waals surface area contributed by atoms with E-state index >= 15 is 0 Å². The third-order valence-corrected chi connectivity index (χ3v) is 6.17. The molecule has 0 radical (unpaired) electrons. The molecule has 1 fully saturated rings. The number of amides is 2. The summed E-state index contributed by atoms with van der Waals surface area (Å²) in [7, 11) is 0. The van der Waals surface area contributed by atoms with Crippen molar-refractivity contribution in [3.8, 4) is 5.69 Å². The van der Waals surface area contributed by atoms with Gasteiger partial charge in [0.05, 0.1) is 16.4 Å². The molecule has 0 aliphatic carbocycles. The maximum atomic E-state index is 12.4. The number of thioether (sulfide) groups is 1. The second-order valence-corrected chi connectivity index (χ2v) is 8.54. The lowest BCUT2D eigenvalue weighted by Gasteiger charge is -2.27. The number of carbonyl (C=O) groups excluding carboxylic acids is 2. The van der Waals surface area contributed by atoms with Gasteiger partial charge in [0.2, 0.25) is 11.9 Å². The Bertz CT molecular complexity index is 1180. The Morgan fingerprint density at radius 3 is 2.50 bits per heavy atom. The highest BCUT2D eigenvalue weighted by Gasteiger charge is 2.22. The molecule has 0 bridgehead atoms. The topological polar surface area (TPSA) is 135 Å². The van der Waals surface area contributed by atoms with E-state index in [1.54, 1.807) is 0 Å². The summed E-state index contributed by atoms with van der Waals surface area (Å²) in [5.41, 5.74) is 5.37. The number of hydrazine groups is 1. The fraction of sp³-hybridized carbons (Fsp3) is 0.273. The summed E-state index contributed by atoms with van der Waals surface area (Å²) in [5.74, 6) is -0.374. The van der Waals surface area contributed by atoms with Gasteiger partial charge in [0.25, 0.3) is 11.6 Å². The number of anilines is 1. The summed E-state index contributed by atoms with van der Waals surface area (Å²) in [5, 5.41) is 20.1. The number of hydrogen-bond donors (Lipinski definition) is 2. The summed E-state index contributed by atoms with van der Waals surface area (Å²) < 4.78 is 1.94. The van der Waals surface area contributed by atoms with Crippen molar-refractivity contribution in [1.82, 2.24) is 25.6 Å². The van der Waals surface area contributed by atoms with Gasteiger partial charge in [0.1, 0.15) is 0 Å². The molecule has 2 amide bonds. The molecule has 1 aromatic heterocycles.